The standard InChI is InChI=1S/C23H18F4N4O3/c1-12-20-15(4-3-9-28-20)18-16(10-30(2)22(34)19(18)24)31(21(12)33)11-17(32)29-14-7-5-13(6-8-14)23(25,26)27/h3-10,12H,11H2,1-2H3,(H,29,32)/t12-/m0/s1. The van der Waals surface area contributed by atoms with Crippen LogP contribution in [0, 0.1) is 5.82 Å². The number of alkyl halides is 3. The lowest BCUT2D eigenvalue weighted by atomic mass is 9.98. The monoisotopic (exact) mass is 474 g/mol. The van der Waals surface area contributed by atoms with Crippen molar-refractivity contribution in [2.24, 2.45) is 7.05 Å². The summed E-state index contributed by atoms with van der Waals surface area (Å²) in [7, 11) is 1.31. The van der Waals surface area contributed by atoms with Gasteiger partial charge >= 0.3 is 6.18 Å². The van der Waals surface area contributed by atoms with Crippen LogP contribution in [0.1, 0.15) is 24.1 Å². The van der Waals surface area contributed by atoms with E-state index in [9.17, 15) is 27.6 Å². The molecular formula is C23H18F4N4O3. The molecule has 2 aromatic heterocycles. The van der Waals surface area contributed by atoms with Gasteiger partial charge in [0.1, 0.15) is 6.54 Å². The molecule has 0 saturated heterocycles. The molecule has 3 aromatic rings. The van der Waals surface area contributed by atoms with Gasteiger partial charge in [0, 0.05) is 30.7 Å². The van der Waals surface area contributed by atoms with Gasteiger partial charge in [0.2, 0.25) is 11.8 Å². The van der Waals surface area contributed by atoms with Crippen LogP contribution < -0.4 is 15.8 Å². The van der Waals surface area contributed by atoms with Crippen LogP contribution in [0.15, 0.2) is 53.6 Å². The van der Waals surface area contributed by atoms with Crippen LogP contribution in [0.25, 0.3) is 11.1 Å². The maximum absolute atomic E-state index is 15.2. The second kappa shape index (κ2) is 8.40. The highest BCUT2D eigenvalue weighted by atomic mass is 19.4. The van der Waals surface area contributed by atoms with E-state index in [0.29, 0.717) is 0 Å². The number of nitrogens with one attached hydrogen (secondary N) is 1. The third kappa shape index (κ3) is 4.04. The summed E-state index contributed by atoms with van der Waals surface area (Å²) in [5.74, 6) is -3.23. The lowest BCUT2D eigenvalue weighted by Crippen LogP contribution is -2.40. The van der Waals surface area contributed by atoms with Crippen molar-refractivity contribution >= 4 is 23.2 Å². The Kier molecular flexibility index (Phi) is 5.72. The van der Waals surface area contributed by atoms with Crippen LogP contribution in [0.4, 0.5) is 28.9 Å². The molecule has 3 heterocycles. The second-order valence-electron chi connectivity index (χ2n) is 7.82. The minimum absolute atomic E-state index is 0.00534. The maximum Gasteiger partial charge on any atom is 0.416 e. The number of carbonyl (C=O) groups excluding carboxylic acids is 2. The van der Waals surface area contributed by atoms with Gasteiger partial charge in [-0.25, -0.2) is 4.39 Å². The number of anilines is 2. The number of carbonyl (C=O) groups is 2. The maximum atomic E-state index is 15.2. The Balaban J connectivity index is 1.72. The topological polar surface area (TPSA) is 84.3 Å². The first-order chi connectivity index (χ1) is 16.0. The third-order valence-electron chi connectivity index (χ3n) is 5.54. The number of pyridine rings is 2. The van der Waals surface area contributed by atoms with Crippen molar-refractivity contribution in [1.82, 2.24) is 9.55 Å². The number of aryl methyl sites for hydroxylation is 1. The van der Waals surface area contributed by atoms with E-state index in [2.05, 4.69) is 10.3 Å². The normalized spacial score (nSPS) is 15.4. The number of amides is 2. The molecule has 176 valence electrons. The van der Waals surface area contributed by atoms with Gasteiger partial charge in [0.05, 0.1) is 28.4 Å². The molecule has 7 nitrogen and oxygen atoms in total. The van der Waals surface area contributed by atoms with Crippen LogP contribution in [0.2, 0.25) is 0 Å². The first-order valence-electron chi connectivity index (χ1n) is 10.1. The number of hydrogen-bond donors (Lipinski definition) is 1. The molecule has 11 heteroatoms. The average Bonchev–Trinajstić information content (AvgIpc) is 2.87. The summed E-state index contributed by atoms with van der Waals surface area (Å²) < 4.78 is 54.4. The van der Waals surface area contributed by atoms with Crippen LogP contribution in [0.3, 0.4) is 0 Å². The summed E-state index contributed by atoms with van der Waals surface area (Å²) in [4.78, 5) is 43.6. The van der Waals surface area contributed by atoms with Crippen LogP contribution in [-0.2, 0) is 22.8 Å². The lowest BCUT2D eigenvalue weighted by Gasteiger charge is -2.24. The van der Waals surface area contributed by atoms with Crippen molar-refractivity contribution in [3.8, 4) is 11.1 Å². The molecule has 1 aliphatic heterocycles. The van der Waals surface area contributed by atoms with Gasteiger partial charge in [-0.15, -0.1) is 0 Å². The van der Waals surface area contributed by atoms with E-state index in [-0.39, 0.29) is 28.2 Å². The minimum Gasteiger partial charge on any atom is -0.325 e. The Hall–Kier alpha value is -4.02. The van der Waals surface area contributed by atoms with E-state index in [0.717, 1.165) is 33.7 Å². The molecule has 0 radical (unpaired) electrons. The van der Waals surface area contributed by atoms with E-state index in [4.69, 9.17) is 0 Å². The van der Waals surface area contributed by atoms with Crippen LogP contribution >= 0.6 is 0 Å². The van der Waals surface area contributed by atoms with Gasteiger partial charge in [0.25, 0.3) is 5.56 Å². The fraction of sp³-hybridized carbons (Fsp3) is 0.217. The van der Waals surface area contributed by atoms with Gasteiger partial charge in [0.15, 0.2) is 5.82 Å². The van der Waals surface area contributed by atoms with Gasteiger partial charge < -0.3 is 14.8 Å². The Morgan fingerprint density at radius 3 is 2.47 bits per heavy atom. The molecule has 1 aromatic carbocycles. The number of nitrogens with zero attached hydrogens (tertiary/aromatic N) is 3. The van der Waals surface area contributed by atoms with Crippen molar-refractivity contribution in [3.63, 3.8) is 0 Å². The summed E-state index contributed by atoms with van der Waals surface area (Å²) in [5, 5.41) is 2.44. The highest BCUT2D eigenvalue weighted by Gasteiger charge is 2.36. The third-order valence-corrected chi connectivity index (χ3v) is 5.54. The molecule has 0 fully saturated rings. The number of rotatable bonds is 3. The van der Waals surface area contributed by atoms with Gasteiger partial charge in [-0.05, 0) is 37.3 Å². The molecule has 0 bridgehead atoms. The molecule has 0 spiro atoms. The van der Waals surface area contributed by atoms with Gasteiger partial charge in [-0.2, -0.15) is 13.2 Å². The molecule has 0 aliphatic carbocycles. The van der Waals surface area contributed by atoms with Gasteiger partial charge in [-0.3, -0.25) is 19.4 Å². The predicted molar refractivity (Wildman–Crippen MR) is 116 cm³/mol. The Labute approximate surface area is 190 Å². The Bertz CT molecular complexity index is 1350. The molecular weight excluding hydrogens is 456 g/mol. The fourth-order valence-electron chi connectivity index (χ4n) is 3.83. The van der Waals surface area contributed by atoms with Gasteiger partial charge in [-0.1, -0.05) is 6.07 Å². The highest BCUT2D eigenvalue weighted by molar-refractivity contribution is 6.09. The van der Waals surface area contributed by atoms with E-state index >= 15 is 4.39 Å². The van der Waals surface area contributed by atoms with E-state index < -0.39 is 47.4 Å². The lowest BCUT2D eigenvalue weighted by molar-refractivity contribution is -0.137. The SMILES string of the molecule is C[C@@H]1C(=O)N(CC(=O)Nc2ccc(C(F)(F)F)cc2)c2cn(C)c(=O)c(F)c2-c2cccnc21. The number of benzene rings is 1. The first kappa shape index (κ1) is 23.1. The van der Waals surface area contributed by atoms with Crippen molar-refractivity contribution in [2.75, 3.05) is 16.8 Å². The molecule has 1 atom stereocenters. The molecule has 0 saturated carbocycles. The Morgan fingerprint density at radius 1 is 1.15 bits per heavy atom. The zero-order valence-corrected chi connectivity index (χ0v) is 18.0. The first-order valence-corrected chi connectivity index (χ1v) is 10.1. The quantitative estimate of drug-likeness (QED) is 0.587. The summed E-state index contributed by atoms with van der Waals surface area (Å²) >= 11 is 0. The second-order valence-corrected chi connectivity index (χ2v) is 7.82. The molecule has 2 amide bonds. The fourth-order valence-corrected chi connectivity index (χ4v) is 3.83. The smallest absolute Gasteiger partial charge is 0.325 e. The van der Waals surface area contributed by atoms with Crippen molar-refractivity contribution in [3.05, 3.63) is 76.2 Å². The number of aromatic nitrogens is 2. The van der Waals surface area contributed by atoms with Crippen molar-refractivity contribution in [1.29, 1.82) is 0 Å². The highest BCUT2D eigenvalue weighted by Crippen LogP contribution is 2.40. The van der Waals surface area contributed by atoms with Crippen LogP contribution in [0.5, 0.6) is 0 Å². The summed E-state index contributed by atoms with van der Waals surface area (Å²) in [6.45, 7) is 0.986. The van der Waals surface area contributed by atoms with E-state index in [1.165, 1.54) is 19.4 Å². The molecule has 34 heavy (non-hydrogen) atoms. The molecule has 0 unspecified atom stereocenters. The molecule has 4 rings (SSSR count). The molecule has 1 N–H and O–H groups in total. The summed E-state index contributed by atoms with van der Waals surface area (Å²) in [6.07, 6.45) is -1.82. The molecule has 1 aliphatic rings. The van der Waals surface area contributed by atoms with Crippen LogP contribution in [-0.4, -0.2) is 27.9 Å². The average molecular weight is 474 g/mol. The largest absolute Gasteiger partial charge is 0.416 e. The van der Waals surface area contributed by atoms with E-state index in [1.54, 1.807) is 19.1 Å². The number of hydrogen-bond acceptors (Lipinski definition) is 4. The number of halogens is 4. The van der Waals surface area contributed by atoms with Crippen molar-refractivity contribution in [2.45, 2.75) is 19.0 Å². The number of fused-ring (bicyclic) bond motifs is 3. The zero-order chi connectivity index (χ0) is 24.8. The zero-order valence-electron chi connectivity index (χ0n) is 18.0. The van der Waals surface area contributed by atoms with Crippen molar-refractivity contribution < 1.29 is 27.2 Å². The summed E-state index contributed by atoms with van der Waals surface area (Å²) in [5.41, 5.74) is -1.32. The predicted octanol–water partition coefficient (Wildman–Crippen LogP) is 3.69. The minimum atomic E-state index is -4.52. The van der Waals surface area contributed by atoms with E-state index in [1.807, 2.05) is 0 Å². The summed E-state index contributed by atoms with van der Waals surface area (Å²) in [6, 6.07) is 6.90. The Morgan fingerprint density at radius 2 is 1.82 bits per heavy atom.